The Morgan fingerprint density at radius 3 is 2.68 bits per heavy atom. The van der Waals surface area contributed by atoms with E-state index in [1.165, 1.54) is 7.11 Å². The molecule has 0 radical (unpaired) electrons. The van der Waals surface area contributed by atoms with Crippen molar-refractivity contribution in [1.82, 2.24) is 5.32 Å². The summed E-state index contributed by atoms with van der Waals surface area (Å²) in [5.41, 5.74) is 0.563. The van der Waals surface area contributed by atoms with Crippen LogP contribution in [-0.2, 0) is 4.79 Å². The predicted molar refractivity (Wildman–Crippen MR) is 71.5 cm³/mol. The molecular formula is C13H18N2O4. The molecule has 0 aliphatic rings. The maximum Gasteiger partial charge on any atom is 0.319 e. The van der Waals surface area contributed by atoms with Crippen molar-refractivity contribution in [3.63, 3.8) is 0 Å². The fourth-order valence-corrected chi connectivity index (χ4v) is 1.54. The number of rotatable bonds is 6. The molecule has 0 fully saturated rings. The Morgan fingerprint density at radius 2 is 2.05 bits per heavy atom. The smallest absolute Gasteiger partial charge is 0.319 e. The quantitative estimate of drug-likeness (QED) is 0.735. The van der Waals surface area contributed by atoms with E-state index in [-0.39, 0.29) is 18.5 Å². The van der Waals surface area contributed by atoms with Gasteiger partial charge in [0.1, 0.15) is 5.75 Å². The number of hydrogen-bond acceptors (Lipinski definition) is 3. The maximum absolute atomic E-state index is 11.7. The van der Waals surface area contributed by atoms with E-state index in [0.29, 0.717) is 17.9 Å². The monoisotopic (exact) mass is 266 g/mol. The van der Waals surface area contributed by atoms with E-state index >= 15 is 0 Å². The summed E-state index contributed by atoms with van der Waals surface area (Å²) in [7, 11) is 1.52. The molecule has 6 heteroatoms. The van der Waals surface area contributed by atoms with Crippen LogP contribution in [0, 0.1) is 0 Å². The van der Waals surface area contributed by atoms with E-state index in [2.05, 4.69) is 10.6 Å². The molecule has 1 rings (SSSR count). The highest BCUT2D eigenvalue weighted by atomic mass is 16.5. The van der Waals surface area contributed by atoms with Crippen LogP contribution in [-0.4, -0.2) is 30.3 Å². The molecule has 1 aromatic carbocycles. The average Bonchev–Trinajstić information content (AvgIpc) is 2.37. The summed E-state index contributed by atoms with van der Waals surface area (Å²) in [6, 6.07) is 6.45. The second kappa shape index (κ2) is 7.25. The van der Waals surface area contributed by atoms with E-state index in [9.17, 15) is 9.59 Å². The molecule has 0 saturated heterocycles. The second-order valence-corrected chi connectivity index (χ2v) is 4.13. The van der Waals surface area contributed by atoms with Gasteiger partial charge in [-0.1, -0.05) is 12.1 Å². The SMILES string of the molecule is COc1ccccc1NC(=O)NC(C)CCC(=O)O. The number of hydrogen-bond donors (Lipinski definition) is 3. The van der Waals surface area contributed by atoms with Gasteiger partial charge in [0, 0.05) is 12.5 Å². The van der Waals surface area contributed by atoms with Crippen molar-refractivity contribution in [2.45, 2.75) is 25.8 Å². The number of anilines is 1. The van der Waals surface area contributed by atoms with Gasteiger partial charge in [-0.05, 0) is 25.5 Å². The number of carbonyl (C=O) groups is 2. The van der Waals surface area contributed by atoms with Crippen LogP contribution >= 0.6 is 0 Å². The van der Waals surface area contributed by atoms with Gasteiger partial charge < -0.3 is 20.5 Å². The molecule has 1 unspecified atom stereocenters. The van der Waals surface area contributed by atoms with Crippen LogP contribution in [0.5, 0.6) is 5.75 Å². The van der Waals surface area contributed by atoms with Crippen molar-refractivity contribution in [1.29, 1.82) is 0 Å². The maximum atomic E-state index is 11.7. The molecular weight excluding hydrogens is 248 g/mol. The van der Waals surface area contributed by atoms with Crippen LogP contribution in [0.15, 0.2) is 24.3 Å². The summed E-state index contributed by atoms with van der Waals surface area (Å²) in [6.07, 6.45) is 0.408. The predicted octanol–water partition coefficient (Wildman–Crippen LogP) is 2.07. The Bertz CT molecular complexity index is 448. The van der Waals surface area contributed by atoms with Crippen LogP contribution < -0.4 is 15.4 Å². The van der Waals surface area contributed by atoms with E-state index in [0.717, 1.165) is 0 Å². The lowest BCUT2D eigenvalue weighted by Gasteiger charge is -2.15. The van der Waals surface area contributed by atoms with Crippen molar-refractivity contribution in [2.24, 2.45) is 0 Å². The number of carbonyl (C=O) groups excluding carboxylic acids is 1. The molecule has 104 valence electrons. The molecule has 0 heterocycles. The Hall–Kier alpha value is -2.24. The number of benzene rings is 1. The molecule has 0 saturated carbocycles. The highest BCUT2D eigenvalue weighted by Crippen LogP contribution is 2.22. The van der Waals surface area contributed by atoms with Gasteiger partial charge in [0.05, 0.1) is 12.8 Å². The number of urea groups is 1. The molecule has 19 heavy (non-hydrogen) atoms. The summed E-state index contributed by atoms with van der Waals surface area (Å²) < 4.78 is 5.11. The third-order valence-corrected chi connectivity index (χ3v) is 2.52. The van der Waals surface area contributed by atoms with Crippen molar-refractivity contribution in [3.05, 3.63) is 24.3 Å². The Labute approximate surface area is 111 Å². The third kappa shape index (κ3) is 5.29. The van der Waals surface area contributed by atoms with E-state index in [4.69, 9.17) is 9.84 Å². The van der Waals surface area contributed by atoms with Gasteiger partial charge in [-0.2, -0.15) is 0 Å². The zero-order valence-electron chi connectivity index (χ0n) is 11.0. The van der Waals surface area contributed by atoms with Gasteiger partial charge in [0.15, 0.2) is 0 Å². The minimum Gasteiger partial charge on any atom is -0.495 e. The standard InChI is InChI=1S/C13H18N2O4/c1-9(7-8-12(16)17)14-13(18)15-10-5-3-4-6-11(10)19-2/h3-6,9H,7-8H2,1-2H3,(H,16,17)(H2,14,15,18). The van der Waals surface area contributed by atoms with Crippen LogP contribution in [0.2, 0.25) is 0 Å². The summed E-state index contributed by atoms with van der Waals surface area (Å²) in [6.45, 7) is 1.75. The number of carboxylic acid groups (broad SMARTS) is 1. The van der Waals surface area contributed by atoms with E-state index < -0.39 is 5.97 Å². The lowest BCUT2D eigenvalue weighted by molar-refractivity contribution is -0.137. The second-order valence-electron chi connectivity index (χ2n) is 4.13. The van der Waals surface area contributed by atoms with Gasteiger partial charge in [-0.15, -0.1) is 0 Å². The molecule has 2 amide bonds. The lowest BCUT2D eigenvalue weighted by Crippen LogP contribution is -2.36. The summed E-state index contributed by atoms with van der Waals surface area (Å²) >= 11 is 0. The Balaban J connectivity index is 2.48. The first kappa shape index (κ1) is 14.8. The van der Waals surface area contributed by atoms with Gasteiger partial charge in [0.25, 0.3) is 0 Å². The number of carboxylic acids is 1. The summed E-state index contributed by atoms with van der Waals surface area (Å²) in [5.74, 6) is -0.311. The van der Waals surface area contributed by atoms with E-state index in [1.807, 2.05) is 0 Å². The van der Waals surface area contributed by atoms with Crippen LogP contribution in [0.1, 0.15) is 19.8 Å². The summed E-state index contributed by atoms with van der Waals surface area (Å²) in [5, 5.41) is 13.9. The number of methoxy groups -OCH3 is 1. The summed E-state index contributed by atoms with van der Waals surface area (Å²) in [4.78, 5) is 22.1. The fourth-order valence-electron chi connectivity index (χ4n) is 1.54. The average molecular weight is 266 g/mol. The first-order valence-electron chi connectivity index (χ1n) is 5.95. The first-order chi connectivity index (χ1) is 9.02. The van der Waals surface area contributed by atoms with Crippen molar-refractivity contribution < 1.29 is 19.4 Å². The lowest BCUT2D eigenvalue weighted by atomic mass is 10.2. The van der Waals surface area contributed by atoms with Gasteiger partial charge in [-0.3, -0.25) is 4.79 Å². The highest BCUT2D eigenvalue weighted by Gasteiger charge is 2.10. The fraction of sp³-hybridized carbons (Fsp3) is 0.385. The van der Waals surface area contributed by atoms with Crippen LogP contribution in [0.3, 0.4) is 0 Å². The van der Waals surface area contributed by atoms with Crippen molar-refractivity contribution >= 4 is 17.7 Å². The number of amides is 2. The molecule has 1 atom stereocenters. The molecule has 1 aromatic rings. The van der Waals surface area contributed by atoms with Gasteiger partial charge >= 0.3 is 12.0 Å². The molecule has 0 aliphatic carbocycles. The normalized spacial score (nSPS) is 11.5. The van der Waals surface area contributed by atoms with Gasteiger partial charge in [0.2, 0.25) is 0 Å². The minimum atomic E-state index is -0.876. The van der Waals surface area contributed by atoms with E-state index in [1.54, 1.807) is 31.2 Å². The third-order valence-electron chi connectivity index (χ3n) is 2.52. The first-order valence-corrected chi connectivity index (χ1v) is 5.95. The molecule has 6 nitrogen and oxygen atoms in total. The minimum absolute atomic E-state index is 0.0239. The van der Waals surface area contributed by atoms with Gasteiger partial charge in [-0.25, -0.2) is 4.79 Å². The zero-order valence-corrected chi connectivity index (χ0v) is 11.0. The highest BCUT2D eigenvalue weighted by molar-refractivity contribution is 5.91. The van der Waals surface area contributed by atoms with Crippen LogP contribution in [0.25, 0.3) is 0 Å². The van der Waals surface area contributed by atoms with Crippen LogP contribution in [0.4, 0.5) is 10.5 Å². The largest absolute Gasteiger partial charge is 0.495 e. The number of aliphatic carboxylic acids is 1. The zero-order chi connectivity index (χ0) is 14.3. The Kier molecular flexibility index (Phi) is 5.66. The topological polar surface area (TPSA) is 87.7 Å². The molecule has 3 N–H and O–H groups in total. The number of para-hydroxylation sites is 2. The number of ether oxygens (including phenoxy) is 1. The van der Waals surface area contributed by atoms with Crippen molar-refractivity contribution in [3.8, 4) is 5.75 Å². The molecule has 0 spiro atoms. The molecule has 0 bridgehead atoms. The Morgan fingerprint density at radius 1 is 1.37 bits per heavy atom. The molecule has 0 aromatic heterocycles. The number of nitrogens with one attached hydrogen (secondary N) is 2. The molecule has 0 aliphatic heterocycles. The van der Waals surface area contributed by atoms with Crippen molar-refractivity contribution in [2.75, 3.05) is 12.4 Å².